The molecule has 3 N–H and O–H groups in total. The number of hydrogen-bond donors (Lipinski definition) is 2. The standard InChI is InChI=1S/C15H21N3OS/c16-13(20)12-5-3-8-17-14(12)18-9-7-15(19)6-2-1-4-11(15)10-18/h3,5,8,11,19H,1-2,4,6-7,9-10H2,(H2,16,20). The summed E-state index contributed by atoms with van der Waals surface area (Å²) in [5.41, 5.74) is 6.17. The van der Waals surface area contributed by atoms with E-state index in [2.05, 4.69) is 9.88 Å². The van der Waals surface area contributed by atoms with Gasteiger partial charge >= 0.3 is 0 Å². The summed E-state index contributed by atoms with van der Waals surface area (Å²) in [7, 11) is 0. The number of pyridine rings is 1. The molecule has 4 nitrogen and oxygen atoms in total. The van der Waals surface area contributed by atoms with Gasteiger partial charge in [-0.1, -0.05) is 25.1 Å². The first-order valence-corrected chi connectivity index (χ1v) is 7.73. The van der Waals surface area contributed by atoms with Crippen LogP contribution in [-0.2, 0) is 0 Å². The Morgan fingerprint density at radius 3 is 3.10 bits per heavy atom. The van der Waals surface area contributed by atoms with Gasteiger partial charge in [0.2, 0.25) is 0 Å². The van der Waals surface area contributed by atoms with Crippen molar-refractivity contribution in [3.63, 3.8) is 0 Å². The Balaban J connectivity index is 1.85. The van der Waals surface area contributed by atoms with E-state index in [1.807, 2.05) is 12.1 Å². The van der Waals surface area contributed by atoms with E-state index in [9.17, 15) is 5.11 Å². The van der Waals surface area contributed by atoms with Gasteiger partial charge in [0, 0.05) is 25.2 Å². The number of thiocarbonyl (C=S) groups is 1. The monoisotopic (exact) mass is 291 g/mol. The maximum Gasteiger partial charge on any atom is 0.138 e. The van der Waals surface area contributed by atoms with Gasteiger partial charge in [-0.3, -0.25) is 0 Å². The largest absolute Gasteiger partial charge is 0.389 e. The Labute approximate surface area is 125 Å². The quantitative estimate of drug-likeness (QED) is 0.814. The highest BCUT2D eigenvalue weighted by Crippen LogP contribution is 2.40. The molecule has 1 saturated heterocycles. The third-order valence-electron chi connectivity index (χ3n) is 4.78. The van der Waals surface area contributed by atoms with Crippen LogP contribution in [0.5, 0.6) is 0 Å². The number of aromatic nitrogens is 1. The summed E-state index contributed by atoms with van der Waals surface area (Å²) in [5, 5.41) is 10.7. The third-order valence-corrected chi connectivity index (χ3v) is 5.00. The minimum Gasteiger partial charge on any atom is -0.389 e. The lowest BCUT2D eigenvalue weighted by Crippen LogP contribution is -2.53. The molecule has 0 amide bonds. The molecule has 2 unspecified atom stereocenters. The van der Waals surface area contributed by atoms with Crippen molar-refractivity contribution in [3.8, 4) is 0 Å². The number of fused-ring (bicyclic) bond motifs is 1. The highest BCUT2D eigenvalue weighted by atomic mass is 32.1. The first-order chi connectivity index (χ1) is 9.60. The predicted octanol–water partition coefficient (Wildman–Crippen LogP) is 1.85. The lowest BCUT2D eigenvalue weighted by atomic mass is 9.71. The van der Waals surface area contributed by atoms with Crippen LogP contribution in [0.2, 0.25) is 0 Å². The van der Waals surface area contributed by atoms with Crippen molar-refractivity contribution in [2.24, 2.45) is 11.7 Å². The number of rotatable bonds is 2. The van der Waals surface area contributed by atoms with Crippen molar-refractivity contribution in [1.82, 2.24) is 4.98 Å². The van der Waals surface area contributed by atoms with Crippen LogP contribution < -0.4 is 10.6 Å². The molecular formula is C15H21N3OS. The first kappa shape index (κ1) is 13.8. The van der Waals surface area contributed by atoms with Gasteiger partial charge in [-0.05, 0) is 31.4 Å². The van der Waals surface area contributed by atoms with E-state index in [1.54, 1.807) is 6.20 Å². The molecule has 2 heterocycles. The molecule has 1 aliphatic heterocycles. The average Bonchev–Trinajstić information content (AvgIpc) is 2.46. The lowest BCUT2D eigenvalue weighted by Gasteiger charge is -2.48. The van der Waals surface area contributed by atoms with Crippen molar-refractivity contribution in [2.45, 2.75) is 37.7 Å². The van der Waals surface area contributed by atoms with Crippen molar-refractivity contribution < 1.29 is 5.11 Å². The Morgan fingerprint density at radius 2 is 2.30 bits per heavy atom. The van der Waals surface area contributed by atoms with Crippen LogP contribution in [0.4, 0.5) is 5.82 Å². The lowest BCUT2D eigenvalue weighted by molar-refractivity contribution is -0.0613. The van der Waals surface area contributed by atoms with Gasteiger partial charge in [0.05, 0.1) is 11.2 Å². The SMILES string of the molecule is NC(=S)c1cccnc1N1CCC2(O)CCCCC2C1. The molecule has 0 spiro atoms. The van der Waals surface area contributed by atoms with E-state index in [0.29, 0.717) is 10.9 Å². The Hall–Kier alpha value is -1.20. The number of nitrogens with two attached hydrogens (primary N) is 1. The molecule has 3 rings (SSSR count). The minimum absolute atomic E-state index is 0.339. The maximum atomic E-state index is 10.7. The summed E-state index contributed by atoms with van der Waals surface area (Å²) in [6.07, 6.45) is 6.99. The second kappa shape index (κ2) is 5.30. The highest BCUT2D eigenvalue weighted by Gasteiger charge is 2.43. The average molecular weight is 291 g/mol. The number of hydrogen-bond acceptors (Lipinski definition) is 4. The van der Waals surface area contributed by atoms with Gasteiger partial charge in [0.15, 0.2) is 0 Å². The molecule has 1 aliphatic carbocycles. The zero-order valence-electron chi connectivity index (χ0n) is 11.6. The third kappa shape index (κ3) is 2.40. The predicted molar refractivity (Wildman–Crippen MR) is 83.9 cm³/mol. The molecule has 5 heteroatoms. The molecule has 1 saturated carbocycles. The van der Waals surface area contributed by atoms with Crippen LogP contribution in [0, 0.1) is 5.92 Å². The molecule has 2 aliphatic rings. The van der Waals surface area contributed by atoms with E-state index in [0.717, 1.165) is 50.2 Å². The molecule has 0 aromatic carbocycles. The fourth-order valence-corrected chi connectivity index (χ4v) is 3.76. The minimum atomic E-state index is -0.465. The Kier molecular flexibility index (Phi) is 3.65. The van der Waals surface area contributed by atoms with E-state index < -0.39 is 5.60 Å². The molecule has 0 bridgehead atoms. The summed E-state index contributed by atoms with van der Waals surface area (Å²) in [6.45, 7) is 1.67. The van der Waals surface area contributed by atoms with E-state index in [1.165, 1.54) is 6.42 Å². The number of anilines is 1. The molecule has 2 atom stereocenters. The molecule has 108 valence electrons. The van der Waals surface area contributed by atoms with Crippen molar-refractivity contribution in [2.75, 3.05) is 18.0 Å². The van der Waals surface area contributed by atoms with Gasteiger partial charge in [-0.2, -0.15) is 0 Å². The first-order valence-electron chi connectivity index (χ1n) is 7.32. The van der Waals surface area contributed by atoms with Gasteiger partial charge in [-0.15, -0.1) is 0 Å². The van der Waals surface area contributed by atoms with Gasteiger partial charge in [0.1, 0.15) is 10.8 Å². The normalized spacial score (nSPS) is 29.9. The molecule has 2 fully saturated rings. The van der Waals surface area contributed by atoms with Crippen LogP contribution in [0.1, 0.15) is 37.7 Å². The Bertz CT molecular complexity index is 522. The van der Waals surface area contributed by atoms with Crippen molar-refractivity contribution in [3.05, 3.63) is 23.9 Å². The molecule has 0 radical (unpaired) electrons. The topological polar surface area (TPSA) is 62.4 Å². The van der Waals surface area contributed by atoms with Gasteiger partial charge < -0.3 is 15.7 Å². The van der Waals surface area contributed by atoms with Crippen LogP contribution >= 0.6 is 12.2 Å². The maximum absolute atomic E-state index is 10.7. The smallest absolute Gasteiger partial charge is 0.138 e. The summed E-state index contributed by atoms with van der Waals surface area (Å²) >= 11 is 5.12. The zero-order valence-corrected chi connectivity index (χ0v) is 12.4. The van der Waals surface area contributed by atoms with Crippen molar-refractivity contribution in [1.29, 1.82) is 0 Å². The van der Waals surface area contributed by atoms with Crippen LogP contribution in [-0.4, -0.2) is 33.8 Å². The highest BCUT2D eigenvalue weighted by molar-refractivity contribution is 7.80. The van der Waals surface area contributed by atoms with Crippen LogP contribution in [0.25, 0.3) is 0 Å². The fraction of sp³-hybridized carbons (Fsp3) is 0.600. The van der Waals surface area contributed by atoms with Gasteiger partial charge in [0.25, 0.3) is 0 Å². The van der Waals surface area contributed by atoms with Crippen LogP contribution in [0.15, 0.2) is 18.3 Å². The Morgan fingerprint density at radius 1 is 1.45 bits per heavy atom. The van der Waals surface area contributed by atoms with E-state index >= 15 is 0 Å². The summed E-state index contributed by atoms with van der Waals surface area (Å²) in [6, 6.07) is 3.78. The second-order valence-electron chi connectivity index (χ2n) is 5.98. The van der Waals surface area contributed by atoms with Crippen molar-refractivity contribution >= 4 is 23.0 Å². The number of aliphatic hydroxyl groups is 1. The number of nitrogens with zero attached hydrogens (tertiary/aromatic N) is 2. The van der Waals surface area contributed by atoms with Gasteiger partial charge in [-0.25, -0.2) is 4.98 Å². The second-order valence-corrected chi connectivity index (χ2v) is 6.42. The molecule has 1 aromatic heterocycles. The van der Waals surface area contributed by atoms with E-state index in [-0.39, 0.29) is 0 Å². The zero-order chi connectivity index (χ0) is 14.2. The summed E-state index contributed by atoms with van der Waals surface area (Å²) in [5.74, 6) is 1.21. The van der Waals surface area contributed by atoms with E-state index in [4.69, 9.17) is 18.0 Å². The summed E-state index contributed by atoms with van der Waals surface area (Å²) < 4.78 is 0. The molecular weight excluding hydrogens is 270 g/mol. The molecule has 20 heavy (non-hydrogen) atoms. The summed E-state index contributed by atoms with van der Waals surface area (Å²) in [4.78, 5) is 7.08. The molecule has 1 aromatic rings. The fourth-order valence-electron chi connectivity index (χ4n) is 3.60. The van der Waals surface area contributed by atoms with Crippen LogP contribution in [0.3, 0.4) is 0 Å². The number of piperidine rings is 1.